The van der Waals surface area contributed by atoms with E-state index in [9.17, 15) is 9.59 Å². The van der Waals surface area contributed by atoms with Crippen molar-refractivity contribution in [3.63, 3.8) is 0 Å². The highest BCUT2D eigenvalue weighted by Gasteiger charge is 2.03. The van der Waals surface area contributed by atoms with Crippen LogP contribution in [0.2, 0.25) is 0 Å². The molecule has 0 unspecified atom stereocenters. The highest BCUT2D eigenvalue weighted by atomic mass is 16.6. The number of nitrogens with one attached hydrogen (secondary N) is 1. The van der Waals surface area contributed by atoms with Crippen LogP contribution in [0.1, 0.15) is 104 Å². The van der Waals surface area contributed by atoms with Gasteiger partial charge in [0, 0.05) is 19.0 Å². The molecule has 0 saturated heterocycles. The SMILES string of the molecule is CCCCCCCCCCCCCCCC(=O)OCCOCCOCCOCCOCCOCCOCCOCCOc1ccc(NC(C)=O)cc1. The van der Waals surface area contributed by atoms with Crippen molar-refractivity contribution < 1.29 is 52.2 Å². The van der Waals surface area contributed by atoms with E-state index in [2.05, 4.69) is 12.2 Å². The Bertz CT molecular complexity index is 919. The van der Waals surface area contributed by atoms with E-state index < -0.39 is 0 Å². The number of anilines is 1. The molecule has 0 aromatic heterocycles. The Morgan fingerprint density at radius 2 is 0.808 bits per heavy atom. The number of hydrogen-bond acceptors (Lipinski definition) is 11. The summed E-state index contributed by atoms with van der Waals surface area (Å²) in [7, 11) is 0. The smallest absolute Gasteiger partial charge is 0.305 e. The first-order chi connectivity index (χ1) is 25.6. The average molecular weight is 742 g/mol. The maximum atomic E-state index is 11.9. The van der Waals surface area contributed by atoms with Gasteiger partial charge >= 0.3 is 5.97 Å². The zero-order valence-electron chi connectivity index (χ0n) is 32.5. The lowest BCUT2D eigenvalue weighted by Crippen LogP contribution is -2.15. The number of carbonyl (C=O) groups excluding carboxylic acids is 2. The van der Waals surface area contributed by atoms with Gasteiger partial charge in [0.05, 0.1) is 92.5 Å². The summed E-state index contributed by atoms with van der Waals surface area (Å²) in [5, 5.41) is 2.71. The third-order valence-corrected chi connectivity index (χ3v) is 7.88. The first-order valence-electron chi connectivity index (χ1n) is 19.8. The predicted octanol–water partition coefficient (Wildman–Crippen LogP) is 7.16. The van der Waals surface area contributed by atoms with Gasteiger partial charge in [0.15, 0.2) is 0 Å². The van der Waals surface area contributed by atoms with Crippen LogP contribution in [-0.4, -0.2) is 118 Å². The highest BCUT2D eigenvalue weighted by Crippen LogP contribution is 2.16. The van der Waals surface area contributed by atoms with Crippen LogP contribution in [0, 0.1) is 0 Å². The molecule has 0 heterocycles. The number of benzene rings is 1. The van der Waals surface area contributed by atoms with Crippen molar-refractivity contribution in [1.82, 2.24) is 0 Å². The number of carbonyl (C=O) groups is 2. The van der Waals surface area contributed by atoms with Crippen LogP contribution >= 0.6 is 0 Å². The summed E-state index contributed by atoms with van der Waals surface area (Å²) in [4.78, 5) is 22.9. The van der Waals surface area contributed by atoms with Gasteiger partial charge in [0.2, 0.25) is 5.91 Å². The van der Waals surface area contributed by atoms with E-state index in [-0.39, 0.29) is 18.5 Å². The van der Waals surface area contributed by atoms with Crippen LogP contribution in [0.15, 0.2) is 24.3 Å². The molecule has 1 aromatic carbocycles. The second-order valence-corrected chi connectivity index (χ2v) is 12.6. The molecule has 0 aliphatic rings. The molecule has 0 atom stereocenters. The molecule has 0 fully saturated rings. The van der Waals surface area contributed by atoms with Gasteiger partial charge in [-0.3, -0.25) is 9.59 Å². The minimum absolute atomic E-state index is 0.108. The molecule has 12 heteroatoms. The Balaban J connectivity index is 1.68. The summed E-state index contributed by atoms with van der Waals surface area (Å²) in [5.74, 6) is 0.474. The second-order valence-electron chi connectivity index (χ2n) is 12.6. The Kier molecular flexibility index (Phi) is 35.2. The van der Waals surface area contributed by atoms with Crippen molar-refractivity contribution >= 4 is 17.6 Å². The third-order valence-electron chi connectivity index (χ3n) is 7.88. The fourth-order valence-corrected chi connectivity index (χ4v) is 5.05. The molecule has 1 N–H and O–H groups in total. The Hall–Kier alpha value is -2.32. The average Bonchev–Trinajstić information content (AvgIpc) is 3.14. The van der Waals surface area contributed by atoms with Gasteiger partial charge in [-0.25, -0.2) is 0 Å². The molecule has 0 radical (unpaired) electrons. The lowest BCUT2D eigenvalue weighted by molar-refractivity contribution is -0.145. The molecule has 1 aromatic rings. The molecule has 52 heavy (non-hydrogen) atoms. The molecule has 12 nitrogen and oxygen atoms in total. The Morgan fingerprint density at radius 3 is 1.19 bits per heavy atom. The Morgan fingerprint density at radius 1 is 0.462 bits per heavy atom. The summed E-state index contributed by atoms with van der Waals surface area (Å²) in [6.07, 6.45) is 17.3. The minimum Gasteiger partial charge on any atom is -0.491 e. The number of esters is 1. The van der Waals surface area contributed by atoms with Crippen LogP contribution in [-0.2, 0) is 47.5 Å². The van der Waals surface area contributed by atoms with Crippen LogP contribution < -0.4 is 10.1 Å². The zero-order chi connectivity index (χ0) is 37.4. The van der Waals surface area contributed by atoms with E-state index in [0.29, 0.717) is 111 Å². The van der Waals surface area contributed by atoms with Crippen molar-refractivity contribution in [3.8, 4) is 5.75 Å². The highest BCUT2D eigenvalue weighted by molar-refractivity contribution is 5.88. The van der Waals surface area contributed by atoms with Crippen molar-refractivity contribution in [2.75, 3.05) is 111 Å². The van der Waals surface area contributed by atoms with E-state index in [1.165, 1.54) is 77.6 Å². The van der Waals surface area contributed by atoms with Gasteiger partial charge in [-0.1, -0.05) is 84.0 Å². The molecule has 0 aliphatic carbocycles. The normalized spacial score (nSPS) is 11.2. The molecule has 0 aliphatic heterocycles. The van der Waals surface area contributed by atoms with Crippen LogP contribution in [0.5, 0.6) is 5.75 Å². The molecule has 0 spiro atoms. The third kappa shape index (κ3) is 34.7. The standard InChI is InChI=1S/C40H71NO11/c1-3-4-5-6-7-8-9-10-11-12-13-14-15-16-40(43)52-36-34-50-32-30-48-28-26-46-24-22-44-21-23-45-25-27-47-29-31-49-33-35-51-39-19-17-38(18-20-39)41-37(2)42/h17-20H,3-16,21-36H2,1-2H3,(H,41,42). The first-order valence-corrected chi connectivity index (χ1v) is 19.8. The Labute approximate surface area is 314 Å². The first kappa shape index (κ1) is 47.7. The summed E-state index contributed by atoms with van der Waals surface area (Å²) >= 11 is 0. The fourth-order valence-electron chi connectivity index (χ4n) is 5.05. The summed E-state index contributed by atoms with van der Waals surface area (Å²) in [6.45, 7) is 11.1. The van der Waals surface area contributed by atoms with Gasteiger partial charge in [-0.15, -0.1) is 0 Å². The van der Waals surface area contributed by atoms with Crippen molar-refractivity contribution in [2.24, 2.45) is 0 Å². The molecule has 1 amide bonds. The molecular weight excluding hydrogens is 670 g/mol. The lowest BCUT2D eigenvalue weighted by atomic mass is 10.0. The van der Waals surface area contributed by atoms with Gasteiger partial charge < -0.3 is 47.9 Å². The molecule has 1 rings (SSSR count). The van der Waals surface area contributed by atoms with Crippen LogP contribution in [0.3, 0.4) is 0 Å². The summed E-state index contributed by atoms with van der Waals surface area (Å²) < 4.78 is 49.3. The van der Waals surface area contributed by atoms with Crippen molar-refractivity contribution in [3.05, 3.63) is 24.3 Å². The van der Waals surface area contributed by atoms with Gasteiger partial charge in [-0.2, -0.15) is 0 Å². The van der Waals surface area contributed by atoms with E-state index in [0.717, 1.165) is 18.5 Å². The quantitative estimate of drug-likeness (QED) is 0.0543. The summed E-state index contributed by atoms with van der Waals surface area (Å²) in [5.41, 5.74) is 0.732. The second kappa shape index (κ2) is 38.4. The molecule has 0 saturated carbocycles. The largest absolute Gasteiger partial charge is 0.491 e. The van der Waals surface area contributed by atoms with Crippen molar-refractivity contribution in [1.29, 1.82) is 0 Å². The number of hydrogen-bond donors (Lipinski definition) is 1. The van der Waals surface area contributed by atoms with Gasteiger partial charge in [-0.05, 0) is 30.7 Å². The monoisotopic (exact) mass is 742 g/mol. The summed E-state index contributed by atoms with van der Waals surface area (Å²) in [6, 6.07) is 7.18. The van der Waals surface area contributed by atoms with Crippen LogP contribution in [0.4, 0.5) is 5.69 Å². The number of unbranched alkanes of at least 4 members (excludes halogenated alkanes) is 12. The lowest BCUT2D eigenvalue weighted by Gasteiger charge is -2.09. The number of rotatable bonds is 40. The maximum absolute atomic E-state index is 11.9. The predicted molar refractivity (Wildman–Crippen MR) is 203 cm³/mol. The maximum Gasteiger partial charge on any atom is 0.305 e. The van der Waals surface area contributed by atoms with Crippen molar-refractivity contribution in [2.45, 2.75) is 104 Å². The zero-order valence-corrected chi connectivity index (χ0v) is 32.5. The molecule has 0 bridgehead atoms. The van der Waals surface area contributed by atoms with Gasteiger partial charge in [0.1, 0.15) is 19.0 Å². The number of ether oxygens (including phenoxy) is 9. The number of amides is 1. The molecular formula is C40H71NO11. The van der Waals surface area contributed by atoms with E-state index >= 15 is 0 Å². The topological polar surface area (TPSA) is 129 Å². The van der Waals surface area contributed by atoms with E-state index in [1.54, 1.807) is 24.3 Å². The van der Waals surface area contributed by atoms with Crippen LogP contribution in [0.25, 0.3) is 0 Å². The van der Waals surface area contributed by atoms with E-state index in [4.69, 9.17) is 42.6 Å². The van der Waals surface area contributed by atoms with Gasteiger partial charge in [0.25, 0.3) is 0 Å². The fraction of sp³-hybridized carbons (Fsp3) is 0.800. The minimum atomic E-state index is -0.134. The van der Waals surface area contributed by atoms with E-state index in [1.807, 2.05) is 0 Å². The molecule has 302 valence electrons.